The molecule has 12 heavy (non-hydrogen) atoms. The predicted molar refractivity (Wildman–Crippen MR) is 48.5 cm³/mol. The molecule has 0 saturated heterocycles. The minimum atomic E-state index is 0.103. The topological polar surface area (TPSA) is 35.2 Å². The Kier molecular flexibility index (Phi) is 1.95. The lowest BCUT2D eigenvalue weighted by molar-refractivity contribution is 0.269. The number of rotatable bonds is 0. The van der Waals surface area contributed by atoms with E-state index in [1.165, 1.54) is 0 Å². The van der Waals surface area contributed by atoms with Gasteiger partial charge >= 0.3 is 0 Å². The quantitative estimate of drug-likeness (QED) is 0.669. The van der Waals surface area contributed by atoms with E-state index in [0.29, 0.717) is 11.6 Å². The molecule has 0 radical (unpaired) electrons. The molecular formula is C9H10ClNO. The van der Waals surface area contributed by atoms with Crippen molar-refractivity contribution in [3.05, 3.63) is 28.8 Å². The maximum Gasteiger partial charge on any atom is 0.125 e. The van der Waals surface area contributed by atoms with Gasteiger partial charge in [0.25, 0.3) is 0 Å². The van der Waals surface area contributed by atoms with Crippen LogP contribution in [-0.4, -0.2) is 6.61 Å². The lowest BCUT2D eigenvalue weighted by Gasteiger charge is -2.22. The average Bonchev–Trinajstić information content (AvgIpc) is 2.04. The van der Waals surface area contributed by atoms with Crippen LogP contribution < -0.4 is 10.5 Å². The number of hydrogen-bond donors (Lipinski definition) is 1. The highest BCUT2D eigenvalue weighted by Gasteiger charge is 2.17. The van der Waals surface area contributed by atoms with Gasteiger partial charge in [0, 0.05) is 23.0 Å². The maximum absolute atomic E-state index is 5.87. The summed E-state index contributed by atoms with van der Waals surface area (Å²) in [6, 6.07) is 5.69. The molecule has 3 heteroatoms. The van der Waals surface area contributed by atoms with Gasteiger partial charge in [0.05, 0.1) is 6.61 Å². The number of benzene rings is 1. The highest BCUT2D eigenvalue weighted by Crippen LogP contribution is 2.32. The Hall–Kier alpha value is -0.730. The minimum Gasteiger partial charge on any atom is -0.493 e. The lowest BCUT2D eigenvalue weighted by Crippen LogP contribution is -2.20. The Balaban J connectivity index is 2.46. The summed E-state index contributed by atoms with van der Waals surface area (Å²) in [5, 5.41) is 0.697. The Labute approximate surface area is 76.3 Å². The molecule has 0 aliphatic carbocycles. The molecule has 1 heterocycles. The van der Waals surface area contributed by atoms with E-state index in [4.69, 9.17) is 22.1 Å². The lowest BCUT2D eigenvalue weighted by atomic mass is 10.0. The summed E-state index contributed by atoms with van der Waals surface area (Å²) in [6.45, 7) is 0.689. The fourth-order valence-corrected chi connectivity index (χ4v) is 1.55. The molecule has 1 aliphatic heterocycles. The highest BCUT2D eigenvalue weighted by molar-refractivity contribution is 6.30. The zero-order valence-electron chi connectivity index (χ0n) is 6.59. The van der Waals surface area contributed by atoms with E-state index in [1.807, 2.05) is 18.2 Å². The second kappa shape index (κ2) is 2.96. The van der Waals surface area contributed by atoms with Gasteiger partial charge in [-0.1, -0.05) is 17.7 Å². The van der Waals surface area contributed by atoms with E-state index in [-0.39, 0.29) is 6.04 Å². The molecule has 1 atom stereocenters. The number of nitrogens with two attached hydrogens (primary N) is 1. The Morgan fingerprint density at radius 3 is 3.17 bits per heavy atom. The molecule has 2 N–H and O–H groups in total. The molecule has 1 unspecified atom stereocenters. The molecule has 0 saturated carbocycles. The first-order valence-corrected chi connectivity index (χ1v) is 4.33. The van der Waals surface area contributed by atoms with E-state index in [0.717, 1.165) is 17.7 Å². The predicted octanol–water partition coefficient (Wildman–Crippen LogP) is 2.12. The normalized spacial score (nSPS) is 21.3. The van der Waals surface area contributed by atoms with Crippen molar-refractivity contribution in [2.75, 3.05) is 6.61 Å². The second-order valence-electron chi connectivity index (χ2n) is 2.93. The Morgan fingerprint density at radius 1 is 1.50 bits per heavy atom. The third-order valence-corrected chi connectivity index (χ3v) is 2.30. The highest BCUT2D eigenvalue weighted by atomic mass is 35.5. The van der Waals surface area contributed by atoms with Gasteiger partial charge in [0.1, 0.15) is 5.75 Å². The van der Waals surface area contributed by atoms with Crippen LogP contribution >= 0.6 is 11.6 Å². The monoisotopic (exact) mass is 183 g/mol. The molecule has 0 aromatic heterocycles. The van der Waals surface area contributed by atoms with Gasteiger partial charge in [-0.05, 0) is 12.1 Å². The van der Waals surface area contributed by atoms with Crippen LogP contribution in [0.3, 0.4) is 0 Å². The van der Waals surface area contributed by atoms with E-state index >= 15 is 0 Å². The van der Waals surface area contributed by atoms with Crippen molar-refractivity contribution in [3.8, 4) is 5.75 Å². The minimum absolute atomic E-state index is 0.103. The van der Waals surface area contributed by atoms with Crippen LogP contribution in [0.5, 0.6) is 5.75 Å². The van der Waals surface area contributed by atoms with Crippen molar-refractivity contribution >= 4 is 11.6 Å². The summed E-state index contributed by atoms with van der Waals surface area (Å²) in [6.07, 6.45) is 0.884. The summed E-state index contributed by atoms with van der Waals surface area (Å²) in [4.78, 5) is 0. The van der Waals surface area contributed by atoms with E-state index in [9.17, 15) is 0 Å². The zero-order chi connectivity index (χ0) is 8.55. The number of ether oxygens (including phenoxy) is 1. The summed E-state index contributed by atoms with van der Waals surface area (Å²) in [7, 11) is 0. The van der Waals surface area contributed by atoms with Crippen molar-refractivity contribution in [1.29, 1.82) is 0 Å². The van der Waals surface area contributed by atoms with Crippen LogP contribution in [0.15, 0.2) is 18.2 Å². The molecule has 2 rings (SSSR count). The second-order valence-corrected chi connectivity index (χ2v) is 3.36. The van der Waals surface area contributed by atoms with Gasteiger partial charge in [-0.15, -0.1) is 0 Å². The Morgan fingerprint density at radius 2 is 2.33 bits per heavy atom. The van der Waals surface area contributed by atoms with Crippen LogP contribution in [0.4, 0.5) is 0 Å². The third-order valence-electron chi connectivity index (χ3n) is 2.06. The summed E-state index contributed by atoms with van der Waals surface area (Å²) in [5.74, 6) is 0.834. The van der Waals surface area contributed by atoms with Crippen molar-refractivity contribution in [2.24, 2.45) is 5.73 Å². The van der Waals surface area contributed by atoms with Gasteiger partial charge in [-0.2, -0.15) is 0 Å². The van der Waals surface area contributed by atoms with Crippen LogP contribution in [0, 0.1) is 0 Å². The first-order chi connectivity index (χ1) is 5.77. The van der Waals surface area contributed by atoms with Gasteiger partial charge in [0.2, 0.25) is 0 Å². The van der Waals surface area contributed by atoms with Crippen molar-refractivity contribution in [3.63, 3.8) is 0 Å². The first kappa shape index (κ1) is 7.90. The first-order valence-electron chi connectivity index (χ1n) is 3.95. The zero-order valence-corrected chi connectivity index (χ0v) is 7.34. The van der Waals surface area contributed by atoms with Gasteiger partial charge in [-0.3, -0.25) is 0 Å². The van der Waals surface area contributed by atoms with Gasteiger partial charge in [0.15, 0.2) is 0 Å². The smallest absolute Gasteiger partial charge is 0.125 e. The average molecular weight is 184 g/mol. The molecule has 64 valence electrons. The van der Waals surface area contributed by atoms with E-state index in [2.05, 4.69) is 0 Å². The van der Waals surface area contributed by atoms with Crippen molar-refractivity contribution in [1.82, 2.24) is 0 Å². The molecule has 1 aromatic rings. The fourth-order valence-electron chi connectivity index (χ4n) is 1.39. The summed E-state index contributed by atoms with van der Waals surface area (Å²) in [5.41, 5.74) is 6.93. The number of halogens is 1. The molecule has 2 nitrogen and oxygen atoms in total. The third kappa shape index (κ3) is 1.28. The van der Waals surface area contributed by atoms with E-state index in [1.54, 1.807) is 0 Å². The van der Waals surface area contributed by atoms with Crippen LogP contribution in [0.2, 0.25) is 5.02 Å². The largest absolute Gasteiger partial charge is 0.493 e. The molecule has 1 aromatic carbocycles. The summed E-state index contributed by atoms with van der Waals surface area (Å²) >= 11 is 5.80. The fraction of sp³-hybridized carbons (Fsp3) is 0.333. The number of fused-ring (bicyclic) bond motifs is 1. The molecule has 0 bridgehead atoms. The van der Waals surface area contributed by atoms with Crippen LogP contribution in [0.1, 0.15) is 18.0 Å². The van der Waals surface area contributed by atoms with Crippen LogP contribution in [-0.2, 0) is 0 Å². The SMILES string of the molecule is NC1CCOc2cc(Cl)ccc21. The standard InChI is InChI=1S/C9H10ClNO/c10-6-1-2-7-8(11)3-4-12-9(7)5-6/h1-2,5,8H,3-4,11H2. The van der Waals surface area contributed by atoms with Crippen molar-refractivity contribution in [2.45, 2.75) is 12.5 Å². The maximum atomic E-state index is 5.87. The summed E-state index contributed by atoms with van der Waals surface area (Å²) < 4.78 is 5.41. The molecular weight excluding hydrogens is 174 g/mol. The van der Waals surface area contributed by atoms with E-state index < -0.39 is 0 Å². The van der Waals surface area contributed by atoms with Crippen LogP contribution in [0.25, 0.3) is 0 Å². The van der Waals surface area contributed by atoms with Crippen molar-refractivity contribution < 1.29 is 4.74 Å². The molecule has 0 fully saturated rings. The van der Waals surface area contributed by atoms with Gasteiger partial charge < -0.3 is 10.5 Å². The molecule has 0 amide bonds. The molecule has 0 spiro atoms. The Bertz CT molecular complexity index is 301. The van der Waals surface area contributed by atoms with Gasteiger partial charge in [-0.25, -0.2) is 0 Å². The number of hydrogen-bond acceptors (Lipinski definition) is 2. The molecule has 1 aliphatic rings.